The lowest BCUT2D eigenvalue weighted by atomic mass is 10.1. The minimum atomic E-state index is -4.39. The number of hydrogen-bond donors (Lipinski definition) is 1. The molecule has 0 aromatic carbocycles. The first kappa shape index (κ1) is 14.6. The lowest BCUT2D eigenvalue weighted by molar-refractivity contribution is -0.154. The Hall–Kier alpha value is -1.79. The van der Waals surface area contributed by atoms with Gasteiger partial charge in [-0.15, -0.1) is 0 Å². The summed E-state index contributed by atoms with van der Waals surface area (Å²) >= 11 is 0. The monoisotopic (exact) mass is 288 g/mol. The van der Waals surface area contributed by atoms with Gasteiger partial charge in [-0.3, -0.25) is 4.79 Å². The summed E-state index contributed by atoms with van der Waals surface area (Å²) in [6.07, 6.45) is 0.773. The predicted molar refractivity (Wildman–Crippen MR) is 66.4 cm³/mol. The molecule has 1 aromatic heterocycles. The zero-order chi connectivity index (χ0) is 14.6. The van der Waals surface area contributed by atoms with E-state index in [1.165, 1.54) is 18.3 Å². The lowest BCUT2D eigenvalue weighted by Crippen LogP contribution is -2.21. The van der Waals surface area contributed by atoms with Gasteiger partial charge in [-0.05, 0) is 18.9 Å². The van der Waals surface area contributed by atoms with Crippen molar-refractivity contribution in [2.24, 2.45) is 5.92 Å². The molecule has 110 valence electrons. The van der Waals surface area contributed by atoms with Crippen LogP contribution in [0.2, 0.25) is 0 Å². The maximum absolute atomic E-state index is 12.0. The molecule has 1 amide bonds. The van der Waals surface area contributed by atoms with Gasteiger partial charge in [-0.1, -0.05) is 12.8 Å². The van der Waals surface area contributed by atoms with E-state index in [4.69, 9.17) is 0 Å². The Labute approximate surface area is 114 Å². The van der Waals surface area contributed by atoms with E-state index in [0.717, 1.165) is 25.7 Å². The quantitative estimate of drug-likeness (QED) is 0.926. The zero-order valence-corrected chi connectivity index (χ0v) is 10.7. The molecule has 0 aliphatic heterocycles. The molecule has 0 bridgehead atoms. The summed E-state index contributed by atoms with van der Waals surface area (Å²) in [6.45, 7) is -1.38. The van der Waals surface area contributed by atoms with E-state index < -0.39 is 12.8 Å². The third kappa shape index (κ3) is 4.40. The van der Waals surface area contributed by atoms with Crippen LogP contribution < -0.4 is 10.1 Å². The fourth-order valence-corrected chi connectivity index (χ4v) is 2.13. The summed E-state index contributed by atoms with van der Waals surface area (Å²) in [7, 11) is 0. The highest BCUT2D eigenvalue weighted by Gasteiger charge is 2.28. The van der Waals surface area contributed by atoms with Crippen LogP contribution in [0.15, 0.2) is 18.3 Å². The van der Waals surface area contributed by atoms with E-state index in [1.807, 2.05) is 0 Å². The number of rotatable bonds is 4. The Kier molecular flexibility index (Phi) is 4.46. The lowest BCUT2D eigenvalue weighted by Gasteiger charge is -2.11. The zero-order valence-electron chi connectivity index (χ0n) is 10.7. The number of amides is 1. The van der Waals surface area contributed by atoms with E-state index >= 15 is 0 Å². The summed E-state index contributed by atoms with van der Waals surface area (Å²) in [5.41, 5.74) is 0.459. The van der Waals surface area contributed by atoms with Gasteiger partial charge in [0.05, 0.1) is 11.9 Å². The van der Waals surface area contributed by atoms with Gasteiger partial charge >= 0.3 is 6.18 Å². The average Bonchev–Trinajstić information content (AvgIpc) is 2.91. The third-order valence-electron chi connectivity index (χ3n) is 3.11. The van der Waals surface area contributed by atoms with Gasteiger partial charge in [-0.2, -0.15) is 13.2 Å². The number of anilines is 1. The van der Waals surface area contributed by atoms with Crippen LogP contribution in [0.25, 0.3) is 0 Å². The highest BCUT2D eigenvalue weighted by molar-refractivity contribution is 5.92. The summed E-state index contributed by atoms with van der Waals surface area (Å²) in [5, 5.41) is 2.70. The van der Waals surface area contributed by atoms with E-state index in [1.54, 1.807) is 0 Å². The van der Waals surface area contributed by atoms with Crippen LogP contribution in [0.1, 0.15) is 25.7 Å². The topological polar surface area (TPSA) is 51.2 Å². The smallest absolute Gasteiger partial charge is 0.422 e. The minimum absolute atomic E-state index is 0.0242. The molecule has 1 N–H and O–H groups in total. The molecule has 1 heterocycles. The van der Waals surface area contributed by atoms with Crippen LogP contribution in [-0.2, 0) is 4.79 Å². The number of hydrogen-bond acceptors (Lipinski definition) is 3. The molecule has 7 heteroatoms. The van der Waals surface area contributed by atoms with Crippen molar-refractivity contribution in [3.05, 3.63) is 18.3 Å². The van der Waals surface area contributed by atoms with Crippen molar-refractivity contribution in [3.8, 4) is 5.88 Å². The molecule has 0 atom stereocenters. The van der Waals surface area contributed by atoms with E-state index in [-0.39, 0.29) is 17.7 Å². The van der Waals surface area contributed by atoms with Crippen molar-refractivity contribution in [2.75, 3.05) is 11.9 Å². The maximum atomic E-state index is 12.0. The molecule has 1 aliphatic carbocycles. The van der Waals surface area contributed by atoms with Crippen LogP contribution >= 0.6 is 0 Å². The number of nitrogens with one attached hydrogen (secondary N) is 1. The Morgan fingerprint density at radius 2 is 2.05 bits per heavy atom. The van der Waals surface area contributed by atoms with Crippen molar-refractivity contribution in [1.82, 2.24) is 4.98 Å². The molecule has 1 fully saturated rings. The Morgan fingerprint density at radius 3 is 2.60 bits per heavy atom. The first-order chi connectivity index (χ1) is 9.44. The van der Waals surface area contributed by atoms with E-state index in [0.29, 0.717) is 5.69 Å². The molecule has 0 unspecified atom stereocenters. The second kappa shape index (κ2) is 6.11. The summed E-state index contributed by atoms with van der Waals surface area (Å²) < 4.78 is 40.3. The molecule has 0 saturated heterocycles. The SMILES string of the molecule is O=C(Nc1ccc(OCC(F)(F)F)nc1)C1CCCC1. The van der Waals surface area contributed by atoms with Crippen LogP contribution in [-0.4, -0.2) is 23.7 Å². The van der Waals surface area contributed by atoms with E-state index in [9.17, 15) is 18.0 Å². The largest absolute Gasteiger partial charge is 0.468 e. The van der Waals surface area contributed by atoms with Gasteiger partial charge in [0.15, 0.2) is 6.61 Å². The molecule has 1 saturated carbocycles. The fraction of sp³-hybridized carbons (Fsp3) is 0.538. The van der Waals surface area contributed by atoms with Gasteiger partial charge in [0.25, 0.3) is 0 Å². The van der Waals surface area contributed by atoms with Crippen molar-refractivity contribution in [1.29, 1.82) is 0 Å². The molecule has 20 heavy (non-hydrogen) atoms. The van der Waals surface area contributed by atoms with Crippen molar-refractivity contribution in [2.45, 2.75) is 31.9 Å². The number of carbonyl (C=O) groups is 1. The number of aromatic nitrogens is 1. The predicted octanol–water partition coefficient (Wildman–Crippen LogP) is 3.15. The Balaban J connectivity index is 1.86. The average molecular weight is 288 g/mol. The van der Waals surface area contributed by atoms with Gasteiger partial charge < -0.3 is 10.1 Å². The van der Waals surface area contributed by atoms with Crippen molar-refractivity contribution in [3.63, 3.8) is 0 Å². The van der Waals surface area contributed by atoms with Gasteiger partial charge in [0, 0.05) is 12.0 Å². The molecular formula is C13H15F3N2O2. The second-order valence-electron chi connectivity index (χ2n) is 4.76. The van der Waals surface area contributed by atoms with Crippen LogP contribution in [0.5, 0.6) is 5.88 Å². The molecule has 2 rings (SSSR count). The molecule has 0 spiro atoms. The molecule has 1 aliphatic rings. The molecule has 1 aromatic rings. The summed E-state index contributed by atoms with van der Waals surface area (Å²) in [5.74, 6) is -0.161. The van der Waals surface area contributed by atoms with Crippen LogP contribution in [0, 0.1) is 5.92 Å². The molecule has 4 nitrogen and oxygen atoms in total. The highest BCUT2D eigenvalue weighted by Crippen LogP contribution is 2.26. The molecule has 0 radical (unpaired) electrons. The third-order valence-corrected chi connectivity index (χ3v) is 3.11. The number of pyridine rings is 1. The minimum Gasteiger partial charge on any atom is -0.468 e. The van der Waals surface area contributed by atoms with Crippen molar-refractivity contribution < 1.29 is 22.7 Å². The summed E-state index contributed by atoms with van der Waals surface area (Å²) in [4.78, 5) is 15.6. The van der Waals surface area contributed by atoms with Gasteiger partial charge in [0.2, 0.25) is 11.8 Å². The number of nitrogens with zero attached hydrogens (tertiary/aromatic N) is 1. The number of ether oxygens (including phenoxy) is 1. The number of halogens is 3. The fourth-order valence-electron chi connectivity index (χ4n) is 2.13. The summed E-state index contributed by atoms with van der Waals surface area (Å²) in [6, 6.07) is 2.78. The first-order valence-corrected chi connectivity index (χ1v) is 6.40. The van der Waals surface area contributed by atoms with Crippen LogP contribution in [0.3, 0.4) is 0 Å². The number of alkyl halides is 3. The highest BCUT2D eigenvalue weighted by atomic mass is 19.4. The Bertz CT molecular complexity index is 454. The van der Waals surface area contributed by atoms with Crippen molar-refractivity contribution >= 4 is 11.6 Å². The Morgan fingerprint density at radius 1 is 1.35 bits per heavy atom. The second-order valence-corrected chi connectivity index (χ2v) is 4.76. The standard InChI is InChI=1S/C13H15F3N2O2/c14-13(15,16)8-20-11-6-5-10(7-17-11)18-12(19)9-3-1-2-4-9/h5-7,9H,1-4,8H2,(H,18,19). The normalized spacial score (nSPS) is 16.1. The van der Waals surface area contributed by atoms with E-state index in [2.05, 4.69) is 15.0 Å². The molecular weight excluding hydrogens is 273 g/mol. The first-order valence-electron chi connectivity index (χ1n) is 6.40. The maximum Gasteiger partial charge on any atom is 0.422 e. The van der Waals surface area contributed by atoms with Crippen LogP contribution in [0.4, 0.5) is 18.9 Å². The van der Waals surface area contributed by atoms with Gasteiger partial charge in [-0.25, -0.2) is 4.98 Å². The van der Waals surface area contributed by atoms with Gasteiger partial charge in [0.1, 0.15) is 0 Å². The number of carbonyl (C=O) groups excluding carboxylic acids is 1.